The Kier molecular flexibility index (Phi) is 9.44. The van der Waals surface area contributed by atoms with E-state index in [0.717, 1.165) is 56.3 Å². The zero-order valence-electron chi connectivity index (χ0n) is 25.1. The van der Waals surface area contributed by atoms with Gasteiger partial charge in [0.05, 0.1) is 13.7 Å². The Morgan fingerprint density at radius 3 is 2.40 bits per heavy atom. The fraction of sp³-hybridized carbons (Fsp3) is 0.400. The molecule has 1 saturated heterocycles. The average molecular weight is 589 g/mol. The van der Waals surface area contributed by atoms with Gasteiger partial charge < -0.3 is 19.1 Å². The van der Waals surface area contributed by atoms with Gasteiger partial charge in [-0.1, -0.05) is 49.2 Å². The van der Waals surface area contributed by atoms with Gasteiger partial charge >= 0.3 is 5.97 Å². The van der Waals surface area contributed by atoms with Gasteiger partial charge in [0.1, 0.15) is 22.8 Å². The molecule has 5 rings (SSSR count). The van der Waals surface area contributed by atoms with E-state index in [1.807, 2.05) is 48.5 Å². The minimum Gasteiger partial charge on any atom is -0.497 e. The number of hydrogen-bond acceptors (Lipinski definition) is 6. The lowest BCUT2D eigenvalue weighted by atomic mass is 9.72. The molecule has 0 spiro atoms. The number of halogens is 1. The van der Waals surface area contributed by atoms with Crippen molar-refractivity contribution in [3.63, 3.8) is 0 Å². The second-order valence-electron chi connectivity index (χ2n) is 11.9. The van der Waals surface area contributed by atoms with Gasteiger partial charge in [0.25, 0.3) is 0 Å². The van der Waals surface area contributed by atoms with Gasteiger partial charge in [0.2, 0.25) is 0 Å². The zero-order valence-corrected chi connectivity index (χ0v) is 25.9. The number of carbonyl (C=O) groups is 1. The summed E-state index contributed by atoms with van der Waals surface area (Å²) in [7, 11) is 1.62. The fourth-order valence-electron chi connectivity index (χ4n) is 5.86. The second kappa shape index (κ2) is 13.2. The Bertz CT molecular complexity index is 1430. The van der Waals surface area contributed by atoms with E-state index >= 15 is 0 Å². The van der Waals surface area contributed by atoms with Gasteiger partial charge in [-0.05, 0) is 79.1 Å². The van der Waals surface area contributed by atoms with Crippen molar-refractivity contribution in [3.05, 3.63) is 88.5 Å². The molecule has 0 bridgehead atoms. The molecular formula is C35H41ClN2O4. The van der Waals surface area contributed by atoms with Crippen LogP contribution in [0.5, 0.6) is 17.2 Å². The number of ether oxygens (including phenoxy) is 3. The Hall–Kier alpha value is -3.48. The first-order chi connectivity index (χ1) is 20.2. The van der Waals surface area contributed by atoms with Crippen LogP contribution in [0.3, 0.4) is 0 Å². The van der Waals surface area contributed by atoms with Crippen LogP contribution in [0.15, 0.2) is 72.3 Å². The van der Waals surface area contributed by atoms with Gasteiger partial charge in [-0.2, -0.15) is 0 Å². The lowest BCUT2D eigenvalue weighted by Gasteiger charge is -2.39. The molecule has 0 atom stereocenters. The Labute approximate surface area is 254 Å². The number of esters is 1. The van der Waals surface area contributed by atoms with Crippen molar-refractivity contribution >= 4 is 28.8 Å². The summed E-state index contributed by atoms with van der Waals surface area (Å²) >= 11 is 6.20. The first kappa shape index (κ1) is 30.0. The number of piperazine rings is 1. The number of hydrogen-bond donors (Lipinski definition) is 0. The molecule has 6 nitrogen and oxygen atoms in total. The van der Waals surface area contributed by atoms with Crippen molar-refractivity contribution in [1.82, 2.24) is 4.90 Å². The third-order valence-electron chi connectivity index (χ3n) is 8.26. The summed E-state index contributed by atoms with van der Waals surface area (Å²) in [6.07, 6.45) is 3.43. The van der Waals surface area contributed by atoms with Crippen LogP contribution in [0.2, 0.25) is 5.02 Å². The Morgan fingerprint density at radius 2 is 1.69 bits per heavy atom. The average Bonchev–Trinajstić information content (AvgIpc) is 2.99. The third kappa shape index (κ3) is 7.29. The summed E-state index contributed by atoms with van der Waals surface area (Å²) < 4.78 is 16.9. The second-order valence-corrected chi connectivity index (χ2v) is 12.3. The number of nitrogens with zero attached hydrogens (tertiary/aromatic N) is 2. The topological polar surface area (TPSA) is 51.2 Å². The van der Waals surface area contributed by atoms with Crippen molar-refractivity contribution in [3.8, 4) is 17.2 Å². The minimum atomic E-state index is -0.396. The number of methoxy groups -OCH3 is 1. The first-order valence-electron chi connectivity index (χ1n) is 14.8. The monoisotopic (exact) mass is 588 g/mol. The molecule has 222 valence electrons. The molecule has 0 radical (unpaired) electrons. The van der Waals surface area contributed by atoms with Crippen LogP contribution in [-0.2, 0) is 4.74 Å². The molecule has 0 aromatic heterocycles. The number of benzene rings is 3. The van der Waals surface area contributed by atoms with Crippen LogP contribution in [-0.4, -0.2) is 57.3 Å². The van der Waals surface area contributed by atoms with E-state index in [9.17, 15) is 4.79 Å². The van der Waals surface area contributed by atoms with Crippen LogP contribution in [0.4, 0.5) is 5.69 Å². The molecule has 3 aromatic rings. The summed E-state index contributed by atoms with van der Waals surface area (Å²) in [5.41, 5.74) is 6.07. The van der Waals surface area contributed by atoms with Crippen molar-refractivity contribution < 1.29 is 19.0 Å². The fourth-order valence-corrected chi connectivity index (χ4v) is 5.99. The number of carbonyl (C=O) groups excluding carboxylic acids is 1. The van der Waals surface area contributed by atoms with Gasteiger partial charge in [0.15, 0.2) is 0 Å². The van der Waals surface area contributed by atoms with E-state index in [2.05, 4.69) is 35.8 Å². The molecule has 0 saturated carbocycles. The highest BCUT2D eigenvalue weighted by molar-refractivity contribution is 6.30. The summed E-state index contributed by atoms with van der Waals surface area (Å²) in [5.74, 6) is 1.37. The molecule has 7 heteroatoms. The van der Waals surface area contributed by atoms with Crippen LogP contribution >= 0.6 is 11.6 Å². The highest BCUT2D eigenvalue weighted by Crippen LogP contribution is 2.43. The molecule has 1 fully saturated rings. The maximum absolute atomic E-state index is 12.7. The zero-order chi connectivity index (χ0) is 29.7. The van der Waals surface area contributed by atoms with Crippen molar-refractivity contribution in [1.29, 1.82) is 0 Å². The summed E-state index contributed by atoms with van der Waals surface area (Å²) in [6.45, 7) is 11.6. The normalized spacial score (nSPS) is 17.2. The highest BCUT2D eigenvalue weighted by atomic mass is 35.5. The van der Waals surface area contributed by atoms with E-state index < -0.39 is 5.97 Å². The molecule has 1 heterocycles. The molecule has 2 aliphatic rings. The van der Waals surface area contributed by atoms with Gasteiger partial charge in [0, 0.05) is 55.6 Å². The molecule has 1 aliphatic heterocycles. The molecule has 0 amide bonds. The van der Waals surface area contributed by atoms with Gasteiger partial charge in [-0.15, -0.1) is 0 Å². The van der Waals surface area contributed by atoms with Gasteiger partial charge in [-0.3, -0.25) is 4.90 Å². The quantitative estimate of drug-likeness (QED) is 0.235. The Balaban J connectivity index is 1.31. The van der Waals surface area contributed by atoms with Crippen molar-refractivity contribution in [2.75, 3.05) is 51.3 Å². The molecule has 0 unspecified atom stereocenters. The minimum absolute atomic E-state index is 0.300. The number of rotatable bonds is 9. The van der Waals surface area contributed by atoms with Crippen LogP contribution in [0.1, 0.15) is 56.0 Å². The molecular weight excluding hydrogens is 548 g/mol. The predicted octanol–water partition coefficient (Wildman–Crippen LogP) is 8.10. The molecule has 3 aromatic carbocycles. The lowest BCUT2D eigenvalue weighted by molar-refractivity contribution is 0.0523. The predicted molar refractivity (Wildman–Crippen MR) is 170 cm³/mol. The largest absolute Gasteiger partial charge is 0.497 e. The molecule has 42 heavy (non-hydrogen) atoms. The van der Waals surface area contributed by atoms with E-state index in [1.54, 1.807) is 25.7 Å². The van der Waals surface area contributed by atoms with Crippen molar-refractivity contribution in [2.24, 2.45) is 5.41 Å². The molecule has 1 aliphatic carbocycles. The standard InChI is InChI=1S/C35H41ClN2O4/c1-5-41-34(39)31-14-13-28(21-33(31)42-30-8-6-7-29(22-30)40-4)38-19-17-37(18-20-38)24-26-15-16-35(2,3)23-32(26)25-9-11-27(36)12-10-25/h6-14,21-22H,5,15-20,23-24H2,1-4H3. The van der Waals surface area contributed by atoms with E-state index in [-0.39, 0.29) is 0 Å². The third-order valence-corrected chi connectivity index (χ3v) is 8.51. The highest BCUT2D eigenvalue weighted by Gasteiger charge is 2.29. The number of allylic oxidation sites excluding steroid dienone is 1. The summed E-state index contributed by atoms with van der Waals surface area (Å²) in [6, 6.07) is 21.5. The van der Waals surface area contributed by atoms with E-state index in [0.29, 0.717) is 34.8 Å². The number of anilines is 1. The molecule has 0 N–H and O–H groups in total. The maximum atomic E-state index is 12.7. The maximum Gasteiger partial charge on any atom is 0.341 e. The SMILES string of the molecule is CCOC(=O)c1ccc(N2CCN(CC3=C(c4ccc(Cl)cc4)CC(C)(C)CC3)CC2)cc1Oc1cccc(OC)c1. The van der Waals surface area contributed by atoms with Crippen molar-refractivity contribution in [2.45, 2.75) is 40.0 Å². The summed E-state index contributed by atoms with van der Waals surface area (Å²) in [5, 5.41) is 0.777. The van der Waals surface area contributed by atoms with Gasteiger partial charge in [-0.25, -0.2) is 4.79 Å². The van der Waals surface area contributed by atoms with Crippen LogP contribution in [0, 0.1) is 5.41 Å². The lowest BCUT2D eigenvalue weighted by Crippen LogP contribution is -2.47. The summed E-state index contributed by atoms with van der Waals surface area (Å²) in [4.78, 5) is 17.7. The van der Waals surface area contributed by atoms with Crippen LogP contribution in [0.25, 0.3) is 5.57 Å². The smallest absolute Gasteiger partial charge is 0.341 e. The van der Waals surface area contributed by atoms with Crippen LogP contribution < -0.4 is 14.4 Å². The first-order valence-corrected chi connectivity index (χ1v) is 15.2. The van der Waals surface area contributed by atoms with E-state index in [4.69, 9.17) is 25.8 Å². The Morgan fingerprint density at radius 1 is 0.952 bits per heavy atom. The van der Waals surface area contributed by atoms with E-state index in [1.165, 1.54) is 17.6 Å².